The fourth-order valence-corrected chi connectivity index (χ4v) is 3.79. The van der Waals surface area contributed by atoms with Gasteiger partial charge in [0.1, 0.15) is 0 Å². The number of hydrazine groups is 1. The van der Waals surface area contributed by atoms with Crippen LogP contribution < -0.4 is 5.84 Å². The van der Waals surface area contributed by atoms with Gasteiger partial charge in [0.25, 0.3) is 0 Å². The molecule has 0 aromatic rings. The zero-order valence-corrected chi connectivity index (χ0v) is 13.7. The second-order valence-corrected chi connectivity index (χ2v) is 5.91. The molecular weight excluding hydrogens is 304 g/mol. The highest BCUT2D eigenvalue weighted by Gasteiger charge is 2.77. The predicted octanol–water partition coefficient (Wildman–Crippen LogP) is -0.409. The van der Waals surface area contributed by atoms with E-state index >= 15 is 0 Å². The van der Waals surface area contributed by atoms with Crippen LogP contribution in [0, 0.1) is 17.8 Å². The van der Waals surface area contributed by atoms with E-state index in [1.165, 1.54) is 0 Å². The van der Waals surface area contributed by atoms with Crippen LogP contribution >= 0.6 is 0 Å². The maximum absolute atomic E-state index is 12.6. The van der Waals surface area contributed by atoms with Crippen molar-refractivity contribution in [3.8, 4) is 0 Å². The number of aliphatic hydroxyl groups excluding tert-OH is 1. The summed E-state index contributed by atoms with van der Waals surface area (Å²) >= 11 is 0. The molecule has 2 aliphatic carbocycles. The van der Waals surface area contributed by atoms with E-state index in [1.807, 2.05) is 0 Å². The van der Waals surface area contributed by atoms with Crippen LogP contribution in [0.3, 0.4) is 0 Å². The fourth-order valence-electron chi connectivity index (χ4n) is 3.79. The monoisotopic (exact) mass is 328 g/mol. The highest BCUT2D eigenvalue weighted by atomic mass is 16.5. The largest absolute Gasteiger partial charge is 0.466 e. The van der Waals surface area contributed by atoms with Crippen LogP contribution in [0.5, 0.6) is 0 Å². The SMILES string of the molecule is CCOC(=O)[C@H]1C2[C@@H](O)C[C@](C(=O)OCC)(N(N)C(=O)CC)[C@@H]21. The van der Waals surface area contributed by atoms with Crippen LogP contribution in [0.2, 0.25) is 0 Å². The average Bonchev–Trinajstić information content (AvgIpc) is 3.20. The number of ether oxygens (including phenoxy) is 2. The van der Waals surface area contributed by atoms with Crippen molar-refractivity contribution in [3.63, 3.8) is 0 Å². The van der Waals surface area contributed by atoms with Gasteiger partial charge < -0.3 is 14.6 Å². The lowest BCUT2D eigenvalue weighted by Crippen LogP contribution is -2.62. The molecule has 0 radical (unpaired) electrons. The summed E-state index contributed by atoms with van der Waals surface area (Å²) < 4.78 is 10.1. The Labute approximate surface area is 134 Å². The molecule has 0 bridgehead atoms. The van der Waals surface area contributed by atoms with Crippen molar-refractivity contribution in [1.29, 1.82) is 0 Å². The van der Waals surface area contributed by atoms with Crippen LogP contribution in [0.1, 0.15) is 33.6 Å². The minimum Gasteiger partial charge on any atom is -0.466 e. The lowest BCUT2D eigenvalue weighted by Gasteiger charge is -2.38. The van der Waals surface area contributed by atoms with Gasteiger partial charge in [-0.05, 0) is 13.8 Å². The third kappa shape index (κ3) is 2.59. The van der Waals surface area contributed by atoms with Gasteiger partial charge in [-0.15, -0.1) is 0 Å². The molecule has 2 rings (SSSR count). The standard InChI is InChI=1S/C15H24N2O6/c1-4-9(19)17(16)15(14(21)23-6-3)7-8(18)10-11(12(10)15)13(20)22-5-2/h8,10-12,18H,4-7,16H2,1-3H3/t8-,10?,11-,12-,15-/m0/s1. The molecule has 2 aliphatic rings. The molecular formula is C15H24N2O6. The number of nitrogens with two attached hydrogens (primary N) is 1. The van der Waals surface area contributed by atoms with Crippen molar-refractivity contribution < 1.29 is 29.0 Å². The molecule has 2 saturated carbocycles. The summed E-state index contributed by atoms with van der Waals surface area (Å²) in [7, 11) is 0. The van der Waals surface area contributed by atoms with Crippen molar-refractivity contribution in [1.82, 2.24) is 5.01 Å². The van der Waals surface area contributed by atoms with E-state index < -0.39 is 47.2 Å². The summed E-state index contributed by atoms with van der Waals surface area (Å²) in [6.45, 7) is 5.27. The molecule has 0 spiro atoms. The van der Waals surface area contributed by atoms with Crippen LogP contribution in [0.25, 0.3) is 0 Å². The Bertz CT molecular complexity index is 510. The average molecular weight is 328 g/mol. The first-order chi connectivity index (χ1) is 10.9. The minimum atomic E-state index is -1.51. The molecule has 8 heteroatoms. The Morgan fingerprint density at radius 3 is 2.35 bits per heavy atom. The third-order valence-corrected chi connectivity index (χ3v) is 4.78. The first-order valence-electron chi connectivity index (χ1n) is 7.96. The summed E-state index contributed by atoms with van der Waals surface area (Å²) in [5.41, 5.74) is -1.51. The van der Waals surface area contributed by atoms with E-state index in [1.54, 1.807) is 20.8 Å². The fraction of sp³-hybridized carbons (Fsp3) is 0.800. The number of aliphatic hydroxyl groups is 1. The lowest BCUT2D eigenvalue weighted by atomic mass is 9.88. The number of hydrogen-bond acceptors (Lipinski definition) is 7. The van der Waals surface area contributed by atoms with Crippen LogP contribution in [-0.2, 0) is 23.9 Å². The van der Waals surface area contributed by atoms with Gasteiger partial charge in [-0.1, -0.05) is 6.92 Å². The molecule has 8 nitrogen and oxygen atoms in total. The van der Waals surface area contributed by atoms with Gasteiger partial charge in [0, 0.05) is 24.7 Å². The summed E-state index contributed by atoms with van der Waals surface area (Å²) in [4.78, 5) is 36.7. The second-order valence-electron chi connectivity index (χ2n) is 5.91. The third-order valence-electron chi connectivity index (χ3n) is 4.78. The van der Waals surface area contributed by atoms with Crippen LogP contribution in [0.4, 0.5) is 0 Å². The molecule has 3 N–H and O–H groups in total. The van der Waals surface area contributed by atoms with Crippen LogP contribution in [-0.4, -0.2) is 52.8 Å². The molecule has 0 aliphatic heterocycles. The first-order valence-corrected chi connectivity index (χ1v) is 7.96. The first kappa shape index (κ1) is 17.7. The van der Waals surface area contributed by atoms with E-state index in [4.69, 9.17) is 15.3 Å². The zero-order valence-electron chi connectivity index (χ0n) is 13.7. The van der Waals surface area contributed by atoms with Crippen molar-refractivity contribution >= 4 is 17.8 Å². The molecule has 0 heterocycles. The van der Waals surface area contributed by atoms with Gasteiger partial charge in [-0.25, -0.2) is 10.6 Å². The summed E-state index contributed by atoms with van der Waals surface area (Å²) in [5.74, 6) is 2.68. The molecule has 5 atom stereocenters. The number of rotatable bonds is 6. The number of nitrogens with zero attached hydrogens (tertiary/aromatic N) is 1. The highest BCUT2D eigenvalue weighted by molar-refractivity contribution is 5.91. The van der Waals surface area contributed by atoms with Gasteiger partial charge in [0.15, 0.2) is 5.54 Å². The Morgan fingerprint density at radius 1 is 1.22 bits per heavy atom. The van der Waals surface area contributed by atoms with Gasteiger partial charge in [0.2, 0.25) is 5.91 Å². The molecule has 130 valence electrons. The second kappa shape index (κ2) is 6.45. The topological polar surface area (TPSA) is 119 Å². The molecule has 0 aromatic carbocycles. The molecule has 0 aromatic heterocycles. The van der Waals surface area contributed by atoms with Crippen LogP contribution in [0.15, 0.2) is 0 Å². The van der Waals surface area contributed by atoms with Crippen molar-refractivity contribution in [2.45, 2.75) is 45.3 Å². The van der Waals surface area contributed by atoms with Crippen molar-refractivity contribution in [2.75, 3.05) is 13.2 Å². The number of esters is 2. The normalized spacial score (nSPS) is 34.5. The smallest absolute Gasteiger partial charge is 0.334 e. The Kier molecular flexibility index (Phi) is 4.95. The van der Waals surface area contributed by atoms with Gasteiger partial charge in [-0.2, -0.15) is 0 Å². The van der Waals surface area contributed by atoms with E-state index in [0.717, 1.165) is 5.01 Å². The highest BCUT2D eigenvalue weighted by Crippen LogP contribution is 2.64. The predicted molar refractivity (Wildman–Crippen MR) is 78.4 cm³/mol. The van der Waals surface area contributed by atoms with Gasteiger partial charge >= 0.3 is 11.9 Å². The van der Waals surface area contributed by atoms with E-state index in [2.05, 4.69) is 0 Å². The summed E-state index contributed by atoms with van der Waals surface area (Å²) in [5, 5.41) is 11.1. The Morgan fingerprint density at radius 2 is 1.83 bits per heavy atom. The number of hydrogen-bond donors (Lipinski definition) is 2. The minimum absolute atomic E-state index is 0.0285. The lowest BCUT2D eigenvalue weighted by molar-refractivity contribution is -0.168. The van der Waals surface area contributed by atoms with Gasteiger partial charge in [-0.3, -0.25) is 14.6 Å². The number of fused-ring (bicyclic) bond motifs is 1. The Hall–Kier alpha value is -1.67. The molecule has 23 heavy (non-hydrogen) atoms. The van der Waals surface area contributed by atoms with Gasteiger partial charge in [0.05, 0.1) is 25.2 Å². The number of carbonyl (C=O) groups excluding carboxylic acids is 3. The maximum Gasteiger partial charge on any atom is 0.334 e. The van der Waals surface area contributed by atoms with Crippen molar-refractivity contribution in [2.24, 2.45) is 23.6 Å². The van der Waals surface area contributed by atoms with E-state index in [-0.39, 0.29) is 26.1 Å². The van der Waals surface area contributed by atoms with Crippen molar-refractivity contribution in [3.05, 3.63) is 0 Å². The quantitative estimate of drug-likeness (QED) is 0.294. The molecule has 1 amide bonds. The molecule has 2 fully saturated rings. The summed E-state index contributed by atoms with van der Waals surface area (Å²) in [6.07, 6.45) is -0.830. The number of carbonyl (C=O) groups is 3. The van der Waals surface area contributed by atoms with E-state index in [0.29, 0.717) is 0 Å². The molecule has 1 unspecified atom stereocenters. The number of amides is 1. The van der Waals surface area contributed by atoms with E-state index in [9.17, 15) is 19.5 Å². The zero-order chi connectivity index (χ0) is 17.4. The molecule has 0 saturated heterocycles. The summed E-state index contributed by atoms with van der Waals surface area (Å²) in [6, 6.07) is 0. The maximum atomic E-state index is 12.6. The Balaban J connectivity index is 2.37.